The molecule has 15 heavy (non-hydrogen) atoms. The highest BCUT2D eigenvalue weighted by molar-refractivity contribution is 4.75. The van der Waals surface area contributed by atoms with E-state index in [9.17, 15) is 0 Å². The Morgan fingerprint density at radius 3 is 2.80 bits per heavy atom. The van der Waals surface area contributed by atoms with Gasteiger partial charge in [0.1, 0.15) is 0 Å². The molecule has 3 heteroatoms. The number of nitrogens with one attached hydrogen (secondary N) is 2. The van der Waals surface area contributed by atoms with Crippen molar-refractivity contribution in [1.29, 1.82) is 0 Å². The minimum atomic E-state index is 0.753. The van der Waals surface area contributed by atoms with E-state index in [-0.39, 0.29) is 0 Å². The van der Waals surface area contributed by atoms with Crippen LogP contribution in [0.5, 0.6) is 0 Å². The molecule has 2 N–H and O–H groups in total. The lowest BCUT2D eigenvalue weighted by Crippen LogP contribution is -2.35. The highest BCUT2D eigenvalue weighted by Gasteiger charge is 2.16. The van der Waals surface area contributed by atoms with Crippen LogP contribution in [0.25, 0.3) is 0 Å². The van der Waals surface area contributed by atoms with Crippen LogP contribution in [0.1, 0.15) is 32.1 Å². The van der Waals surface area contributed by atoms with Crippen LogP contribution in [-0.4, -0.2) is 38.9 Å². The van der Waals surface area contributed by atoms with Crippen molar-refractivity contribution < 1.29 is 4.74 Å². The van der Waals surface area contributed by atoms with Crippen molar-refractivity contribution in [3.8, 4) is 0 Å². The van der Waals surface area contributed by atoms with Gasteiger partial charge in [-0.3, -0.25) is 0 Å². The molecule has 0 aliphatic carbocycles. The zero-order valence-electron chi connectivity index (χ0n) is 9.63. The lowest BCUT2D eigenvalue weighted by Gasteiger charge is -2.25. The Hall–Kier alpha value is -0.120. The van der Waals surface area contributed by atoms with E-state index in [1.807, 2.05) is 0 Å². The summed E-state index contributed by atoms with van der Waals surface area (Å²) in [6, 6.07) is 0.753. The smallest absolute Gasteiger partial charge is 0.0469 e. The largest absolute Gasteiger partial charge is 0.381 e. The maximum Gasteiger partial charge on any atom is 0.0469 e. The van der Waals surface area contributed by atoms with E-state index in [2.05, 4.69) is 10.6 Å². The molecule has 2 fully saturated rings. The molecule has 2 aliphatic rings. The molecule has 0 aromatic heterocycles. The van der Waals surface area contributed by atoms with Crippen LogP contribution in [0.2, 0.25) is 0 Å². The van der Waals surface area contributed by atoms with Crippen LogP contribution < -0.4 is 10.6 Å². The molecule has 88 valence electrons. The zero-order valence-corrected chi connectivity index (χ0v) is 9.63. The first-order valence-electron chi connectivity index (χ1n) is 6.47. The Morgan fingerprint density at radius 2 is 1.93 bits per heavy atom. The molecule has 2 rings (SSSR count). The summed E-state index contributed by atoms with van der Waals surface area (Å²) >= 11 is 0. The molecule has 2 saturated heterocycles. The second-order valence-electron chi connectivity index (χ2n) is 4.84. The van der Waals surface area contributed by atoms with Gasteiger partial charge in [-0.05, 0) is 57.7 Å². The summed E-state index contributed by atoms with van der Waals surface area (Å²) in [5.41, 5.74) is 0. The predicted octanol–water partition coefficient (Wildman–Crippen LogP) is 1.14. The van der Waals surface area contributed by atoms with Crippen molar-refractivity contribution in [3.05, 3.63) is 0 Å². The fraction of sp³-hybridized carbons (Fsp3) is 1.00. The second-order valence-corrected chi connectivity index (χ2v) is 4.84. The molecule has 0 radical (unpaired) electrons. The van der Waals surface area contributed by atoms with Gasteiger partial charge in [0.05, 0.1) is 0 Å². The molecule has 1 unspecified atom stereocenters. The minimum absolute atomic E-state index is 0.753. The third kappa shape index (κ3) is 4.09. The minimum Gasteiger partial charge on any atom is -0.381 e. The quantitative estimate of drug-likeness (QED) is 0.736. The molecule has 0 aromatic rings. The number of hydrogen-bond acceptors (Lipinski definition) is 3. The third-order valence-corrected chi connectivity index (χ3v) is 3.61. The first-order chi connectivity index (χ1) is 7.45. The first kappa shape index (κ1) is 11.4. The molecule has 3 nitrogen and oxygen atoms in total. The summed E-state index contributed by atoms with van der Waals surface area (Å²) in [4.78, 5) is 0. The SMILES string of the molecule is C1CNCCC(NCC2CCOCC2)C1. The Bertz CT molecular complexity index is 161. The topological polar surface area (TPSA) is 33.3 Å². The van der Waals surface area contributed by atoms with E-state index in [0.717, 1.165) is 25.2 Å². The molecule has 0 bridgehead atoms. The monoisotopic (exact) mass is 212 g/mol. The Kier molecular flexibility index (Phi) is 4.90. The highest BCUT2D eigenvalue weighted by Crippen LogP contribution is 2.14. The van der Waals surface area contributed by atoms with Crippen LogP contribution in [0, 0.1) is 5.92 Å². The summed E-state index contributed by atoms with van der Waals surface area (Å²) < 4.78 is 5.37. The van der Waals surface area contributed by atoms with Gasteiger partial charge in [-0.2, -0.15) is 0 Å². The molecule has 2 aliphatic heterocycles. The molecule has 1 atom stereocenters. The summed E-state index contributed by atoms with van der Waals surface area (Å²) in [5.74, 6) is 0.856. The van der Waals surface area contributed by atoms with Gasteiger partial charge >= 0.3 is 0 Å². The lowest BCUT2D eigenvalue weighted by molar-refractivity contribution is 0.0653. The molecular formula is C12H24N2O. The fourth-order valence-electron chi connectivity index (χ4n) is 2.51. The number of ether oxygens (including phenoxy) is 1. The molecular weight excluding hydrogens is 188 g/mol. The molecule has 0 aromatic carbocycles. The standard InChI is InChI=1S/C12H24N2O/c1-2-12(3-7-13-6-1)14-10-11-4-8-15-9-5-11/h11-14H,1-10H2. The summed E-state index contributed by atoms with van der Waals surface area (Å²) in [5, 5.41) is 7.19. The van der Waals surface area contributed by atoms with Crippen LogP contribution in [0.3, 0.4) is 0 Å². The highest BCUT2D eigenvalue weighted by atomic mass is 16.5. The van der Waals surface area contributed by atoms with Gasteiger partial charge < -0.3 is 15.4 Å². The van der Waals surface area contributed by atoms with Crippen molar-refractivity contribution >= 4 is 0 Å². The van der Waals surface area contributed by atoms with Crippen molar-refractivity contribution in [2.45, 2.75) is 38.1 Å². The van der Waals surface area contributed by atoms with E-state index in [4.69, 9.17) is 4.74 Å². The number of hydrogen-bond donors (Lipinski definition) is 2. The molecule has 0 saturated carbocycles. The molecule has 0 amide bonds. The van der Waals surface area contributed by atoms with E-state index in [1.54, 1.807) is 0 Å². The van der Waals surface area contributed by atoms with Gasteiger partial charge in [-0.15, -0.1) is 0 Å². The maximum absolute atomic E-state index is 5.37. The van der Waals surface area contributed by atoms with Crippen LogP contribution in [-0.2, 0) is 4.74 Å². The van der Waals surface area contributed by atoms with Crippen molar-refractivity contribution in [2.24, 2.45) is 5.92 Å². The lowest BCUT2D eigenvalue weighted by atomic mass is 9.99. The van der Waals surface area contributed by atoms with Gasteiger partial charge in [-0.25, -0.2) is 0 Å². The Labute approximate surface area is 93.0 Å². The zero-order chi connectivity index (χ0) is 10.3. The van der Waals surface area contributed by atoms with Gasteiger partial charge in [0.15, 0.2) is 0 Å². The maximum atomic E-state index is 5.37. The van der Waals surface area contributed by atoms with Gasteiger partial charge in [0.25, 0.3) is 0 Å². The van der Waals surface area contributed by atoms with E-state index in [1.165, 1.54) is 51.7 Å². The number of rotatable bonds is 3. The van der Waals surface area contributed by atoms with Crippen LogP contribution in [0.4, 0.5) is 0 Å². The van der Waals surface area contributed by atoms with E-state index >= 15 is 0 Å². The molecule has 0 spiro atoms. The van der Waals surface area contributed by atoms with Gasteiger partial charge in [-0.1, -0.05) is 0 Å². The van der Waals surface area contributed by atoms with Crippen LogP contribution in [0.15, 0.2) is 0 Å². The van der Waals surface area contributed by atoms with Crippen molar-refractivity contribution in [3.63, 3.8) is 0 Å². The van der Waals surface area contributed by atoms with Crippen LogP contribution >= 0.6 is 0 Å². The summed E-state index contributed by atoms with van der Waals surface area (Å²) in [7, 11) is 0. The second kappa shape index (κ2) is 6.46. The summed E-state index contributed by atoms with van der Waals surface area (Å²) in [6.07, 6.45) is 6.46. The predicted molar refractivity (Wildman–Crippen MR) is 62.1 cm³/mol. The first-order valence-corrected chi connectivity index (χ1v) is 6.47. The van der Waals surface area contributed by atoms with Crippen molar-refractivity contribution in [2.75, 3.05) is 32.8 Å². The van der Waals surface area contributed by atoms with Gasteiger partial charge in [0, 0.05) is 19.3 Å². The Balaban J connectivity index is 1.62. The van der Waals surface area contributed by atoms with Gasteiger partial charge in [0.2, 0.25) is 0 Å². The van der Waals surface area contributed by atoms with E-state index in [0.29, 0.717) is 0 Å². The Morgan fingerprint density at radius 1 is 1.07 bits per heavy atom. The van der Waals surface area contributed by atoms with E-state index < -0.39 is 0 Å². The third-order valence-electron chi connectivity index (χ3n) is 3.61. The normalized spacial score (nSPS) is 30.0. The average molecular weight is 212 g/mol. The summed E-state index contributed by atoms with van der Waals surface area (Å²) in [6.45, 7) is 5.53. The van der Waals surface area contributed by atoms with Crippen molar-refractivity contribution in [1.82, 2.24) is 10.6 Å². The average Bonchev–Trinajstić information content (AvgIpc) is 2.56. The fourth-order valence-corrected chi connectivity index (χ4v) is 2.51. The molecule has 2 heterocycles.